The molecule has 2 aromatic heterocycles. The van der Waals surface area contributed by atoms with E-state index in [2.05, 4.69) is 26.8 Å². The molecule has 0 amide bonds. The molecule has 1 aliphatic rings. The van der Waals surface area contributed by atoms with E-state index < -0.39 is 11.7 Å². The van der Waals surface area contributed by atoms with Gasteiger partial charge in [-0.1, -0.05) is 6.58 Å². The molecule has 0 radical (unpaired) electrons. The molecule has 1 aliphatic heterocycles. The summed E-state index contributed by atoms with van der Waals surface area (Å²) in [5.41, 5.74) is 2.88. The second kappa shape index (κ2) is 7.47. The Morgan fingerprint density at radius 2 is 1.93 bits per heavy atom. The van der Waals surface area contributed by atoms with Crippen LogP contribution in [0.5, 0.6) is 0 Å². The van der Waals surface area contributed by atoms with Crippen LogP contribution in [0, 0.1) is 5.82 Å². The molecule has 0 atom stereocenters. The van der Waals surface area contributed by atoms with E-state index in [1.807, 2.05) is 0 Å². The third kappa shape index (κ3) is 3.51. The third-order valence-corrected chi connectivity index (χ3v) is 5.20. The van der Waals surface area contributed by atoms with Crippen molar-refractivity contribution in [3.05, 3.63) is 71.5 Å². The first-order valence-electron chi connectivity index (χ1n) is 9.28. The standard InChI is InChI=1S/C21H19F4N5/c1-12-6-8-30(20-28-9-13(10-29-20)21(23,24)25)11-16(12)18(26-2)14-3-4-17(22)19-15(14)5-7-27-19/h3-5,7,9-10,26-27H,1,6,8,11H2,2H3/b18-16-. The van der Waals surface area contributed by atoms with Gasteiger partial charge in [-0.15, -0.1) is 0 Å². The van der Waals surface area contributed by atoms with Crippen LogP contribution in [-0.2, 0) is 6.18 Å². The summed E-state index contributed by atoms with van der Waals surface area (Å²) in [4.78, 5) is 12.5. The SMILES string of the molecule is C=C1CCN(c2ncc(C(F)(F)F)cn2)C/C1=C(/NC)c1ccc(F)c2[nH]ccc12. The van der Waals surface area contributed by atoms with Gasteiger partial charge in [-0.25, -0.2) is 14.4 Å². The van der Waals surface area contributed by atoms with Crippen molar-refractivity contribution in [1.82, 2.24) is 20.3 Å². The number of benzene rings is 1. The summed E-state index contributed by atoms with van der Waals surface area (Å²) in [7, 11) is 1.77. The molecule has 5 nitrogen and oxygen atoms in total. The van der Waals surface area contributed by atoms with Crippen LogP contribution in [0.15, 0.2) is 54.5 Å². The van der Waals surface area contributed by atoms with Gasteiger partial charge in [-0.3, -0.25) is 0 Å². The number of anilines is 1. The zero-order valence-corrected chi connectivity index (χ0v) is 16.1. The first-order valence-corrected chi connectivity index (χ1v) is 9.28. The minimum Gasteiger partial charge on any atom is -0.387 e. The highest BCUT2D eigenvalue weighted by Crippen LogP contribution is 2.33. The summed E-state index contributed by atoms with van der Waals surface area (Å²) in [5.74, 6) is -0.129. The molecule has 30 heavy (non-hydrogen) atoms. The van der Waals surface area contributed by atoms with Crippen molar-refractivity contribution >= 4 is 22.5 Å². The number of rotatable bonds is 3. The van der Waals surface area contributed by atoms with Crippen molar-refractivity contribution in [3.8, 4) is 0 Å². The summed E-state index contributed by atoms with van der Waals surface area (Å²) in [5, 5.41) is 3.91. The molecule has 0 saturated carbocycles. The lowest BCUT2D eigenvalue weighted by Crippen LogP contribution is -2.35. The maximum Gasteiger partial charge on any atom is 0.419 e. The van der Waals surface area contributed by atoms with Crippen LogP contribution in [0.4, 0.5) is 23.5 Å². The van der Waals surface area contributed by atoms with E-state index in [9.17, 15) is 17.6 Å². The Bertz CT molecular complexity index is 1130. The Kier molecular flexibility index (Phi) is 4.97. The number of H-pyrrole nitrogens is 1. The van der Waals surface area contributed by atoms with Crippen molar-refractivity contribution in [2.75, 3.05) is 25.0 Å². The van der Waals surface area contributed by atoms with Crippen molar-refractivity contribution in [1.29, 1.82) is 0 Å². The van der Waals surface area contributed by atoms with Crippen LogP contribution >= 0.6 is 0 Å². The average Bonchev–Trinajstić information content (AvgIpc) is 3.22. The molecular formula is C21H19F4N5. The smallest absolute Gasteiger partial charge is 0.387 e. The Morgan fingerprint density at radius 3 is 2.60 bits per heavy atom. The first-order chi connectivity index (χ1) is 14.3. The molecular weight excluding hydrogens is 398 g/mol. The van der Waals surface area contributed by atoms with Gasteiger partial charge in [0.05, 0.1) is 11.1 Å². The number of nitrogens with one attached hydrogen (secondary N) is 2. The van der Waals surface area contributed by atoms with Gasteiger partial charge in [0.15, 0.2) is 0 Å². The van der Waals surface area contributed by atoms with Gasteiger partial charge >= 0.3 is 6.18 Å². The molecule has 0 unspecified atom stereocenters. The molecule has 4 rings (SSSR count). The lowest BCUT2D eigenvalue weighted by Gasteiger charge is -2.32. The number of aromatic nitrogens is 3. The Hall–Kier alpha value is -3.36. The van der Waals surface area contributed by atoms with E-state index in [0.29, 0.717) is 25.0 Å². The zero-order valence-electron chi connectivity index (χ0n) is 16.1. The molecule has 1 saturated heterocycles. The molecule has 3 heterocycles. The topological polar surface area (TPSA) is 56.8 Å². The highest BCUT2D eigenvalue weighted by Gasteiger charge is 2.32. The first kappa shape index (κ1) is 19.9. The quantitative estimate of drug-likeness (QED) is 0.616. The van der Waals surface area contributed by atoms with E-state index in [1.165, 1.54) is 6.07 Å². The fourth-order valence-electron chi connectivity index (χ4n) is 3.65. The van der Waals surface area contributed by atoms with Gasteiger partial charge in [0.2, 0.25) is 5.95 Å². The van der Waals surface area contributed by atoms with Crippen LogP contribution in [-0.4, -0.2) is 35.1 Å². The molecule has 0 aliphatic carbocycles. The largest absolute Gasteiger partial charge is 0.419 e. The van der Waals surface area contributed by atoms with Crippen molar-refractivity contribution in [2.24, 2.45) is 0 Å². The number of halogens is 4. The number of nitrogens with zero attached hydrogens (tertiary/aromatic N) is 3. The summed E-state index contributed by atoms with van der Waals surface area (Å²) < 4.78 is 52.5. The lowest BCUT2D eigenvalue weighted by molar-refractivity contribution is -0.138. The molecule has 3 aromatic rings. The lowest BCUT2D eigenvalue weighted by atomic mass is 9.93. The fourth-order valence-corrected chi connectivity index (χ4v) is 3.65. The number of fused-ring (bicyclic) bond motifs is 1. The monoisotopic (exact) mass is 417 g/mol. The van der Waals surface area contributed by atoms with Crippen LogP contribution in [0.1, 0.15) is 17.5 Å². The third-order valence-electron chi connectivity index (χ3n) is 5.20. The molecule has 0 bridgehead atoms. The van der Waals surface area contributed by atoms with Crippen molar-refractivity contribution < 1.29 is 17.6 Å². The van der Waals surface area contributed by atoms with Gasteiger partial charge in [-0.2, -0.15) is 13.2 Å². The highest BCUT2D eigenvalue weighted by molar-refractivity contribution is 5.93. The Labute approximate surface area is 170 Å². The molecule has 1 fully saturated rings. The highest BCUT2D eigenvalue weighted by atomic mass is 19.4. The summed E-state index contributed by atoms with van der Waals surface area (Å²) in [6.07, 6.45) is -0.631. The van der Waals surface area contributed by atoms with Crippen molar-refractivity contribution in [3.63, 3.8) is 0 Å². The number of piperidine rings is 1. The van der Waals surface area contributed by atoms with E-state index in [1.54, 1.807) is 30.3 Å². The normalized spacial score (nSPS) is 16.8. The predicted molar refractivity (Wildman–Crippen MR) is 107 cm³/mol. The second-order valence-electron chi connectivity index (χ2n) is 7.01. The average molecular weight is 417 g/mol. The maximum atomic E-state index is 14.1. The minimum absolute atomic E-state index is 0.217. The number of alkyl halides is 3. The maximum absolute atomic E-state index is 14.1. The minimum atomic E-state index is -4.48. The Balaban J connectivity index is 1.73. The van der Waals surface area contributed by atoms with E-state index >= 15 is 0 Å². The van der Waals surface area contributed by atoms with E-state index in [-0.39, 0.29) is 11.8 Å². The predicted octanol–water partition coefficient (Wildman–Crippen LogP) is 4.51. The van der Waals surface area contributed by atoms with Gasteiger partial charge in [0, 0.05) is 55.4 Å². The van der Waals surface area contributed by atoms with Crippen LogP contribution < -0.4 is 10.2 Å². The van der Waals surface area contributed by atoms with E-state index in [4.69, 9.17) is 0 Å². The number of hydrogen-bond donors (Lipinski definition) is 2. The van der Waals surface area contributed by atoms with Gasteiger partial charge in [-0.05, 0) is 35.8 Å². The molecule has 1 aromatic carbocycles. The van der Waals surface area contributed by atoms with Crippen LogP contribution in [0.2, 0.25) is 0 Å². The molecule has 0 spiro atoms. The molecule has 156 valence electrons. The summed E-state index contributed by atoms with van der Waals surface area (Å²) in [6.45, 7) is 5.05. The molecule has 9 heteroatoms. The van der Waals surface area contributed by atoms with E-state index in [0.717, 1.165) is 40.2 Å². The Morgan fingerprint density at radius 1 is 1.20 bits per heavy atom. The van der Waals surface area contributed by atoms with Gasteiger partial charge in [0.25, 0.3) is 0 Å². The van der Waals surface area contributed by atoms with Crippen LogP contribution in [0.3, 0.4) is 0 Å². The van der Waals surface area contributed by atoms with Gasteiger partial charge in [0.1, 0.15) is 5.82 Å². The fraction of sp³-hybridized carbons (Fsp3) is 0.238. The zero-order chi connectivity index (χ0) is 21.5. The van der Waals surface area contributed by atoms with Crippen molar-refractivity contribution in [2.45, 2.75) is 12.6 Å². The molecule has 2 N–H and O–H groups in total. The van der Waals surface area contributed by atoms with Crippen LogP contribution in [0.25, 0.3) is 16.6 Å². The summed E-state index contributed by atoms with van der Waals surface area (Å²) in [6, 6.07) is 4.90. The summed E-state index contributed by atoms with van der Waals surface area (Å²) >= 11 is 0. The number of aromatic amines is 1. The second-order valence-corrected chi connectivity index (χ2v) is 7.01. The van der Waals surface area contributed by atoms with Gasteiger partial charge < -0.3 is 15.2 Å². The number of hydrogen-bond acceptors (Lipinski definition) is 4.